The van der Waals surface area contributed by atoms with Gasteiger partial charge in [-0.3, -0.25) is 9.59 Å². The van der Waals surface area contributed by atoms with Crippen LogP contribution in [0.15, 0.2) is 24.3 Å². The molecule has 23 heavy (non-hydrogen) atoms. The van der Waals surface area contributed by atoms with Crippen molar-refractivity contribution in [3.63, 3.8) is 0 Å². The van der Waals surface area contributed by atoms with E-state index >= 15 is 0 Å². The molecule has 2 N–H and O–H groups in total. The summed E-state index contributed by atoms with van der Waals surface area (Å²) in [6.45, 7) is 2.63. The molecule has 0 fully saturated rings. The summed E-state index contributed by atoms with van der Waals surface area (Å²) in [5.74, 6) is -0.746. The number of nitrogens with one attached hydrogen (secondary N) is 1. The van der Waals surface area contributed by atoms with E-state index in [-0.39, 0.29) is 18.9 Å². The third-order valence-electron chi connectivity index (χ3n) is 3.09. The molecule has 7 nitrogen and oxygen atoms in total. The lowest BCUT2D eigenvalue weighted by Gasteiger charge is -2.28. The zero-order valence-corrected chi connectivity index (χ0v) is 13.6. The average Bonchev–Trinajstić information content (AvgIpc) is 2.47. The fourth-order valence-corrected chi connectivity index (χ4v) is 2.08. The molecule has 0 radical (unpaired) electrons. The molecule has 0 aromatic heterocycles. The van der Waals surface area contributed by atoms with Crippen LogP contribution in [0.2, 0.25) is 0 Å². The van der Waals surface area contributed by atoms with Gasteiger partial charge < -0.3 is 24.6 Å². The van der Waals surface area contributed by atoms with Crippen molar-refractivity contribution >= 4 is 11.9 Å². The molecule has 1 aromatic rings. The Morgan fingerprint density at radius 1 is 1.13 bits per heavy atom. The second kappa shape index (κ2) is 9.12. The first-order valence-corrected chi connectivity index (χ1v) is 7.15. The van der Waals surface area contributed by atoms with Crippen molar-refractivity contribution in [2.24, 2.45) is 0 Å². The van der Waals surface area contributed by atoms with Crippen molar-refractivity contribution in [2.75, 3.05) is 34.0 Å². The summed E-state index contributed by atoms with van der Waals surface area (Å²) in [6.07, 6.45) is -0.231. The van der Waals surface area contributed by atoms with Gasteiger partial charge in [-0.25, -0.2) is 0 Å². The first-order chi connectivity index (χ1) is 10.9. The van der Waals surface area contributed by atoms with Crippen LogP contribution in [-0.2, 0) is 14.3 Å². The molecular formula is C16H23NO6. The van der Waals surface area contributed by atoms with Crippen LogP contribution >= 0.6 is 0 Å². The largest absolute Gasteiger partial charge is 0.491 e. The molecule has 0 saturated carbocycles. The Balaban J connectivity index is 2.70. The van der Waals surface area contributed by atoms with Crippen LogP contribution in [0.25, 0.3) is 0 Å². The van der Waals surface area contributed by atoms with Gasteiger partial charge in [-0.05, 0) is 31.2 Å². The third-order valence-corrected chi connectivity index (χ3v) is 3.09. The molecular weight excluding hydrogens is 302 g/mol. The Labute approximate surface area is 135 Å². The second-order valence-electron chi connectivity index (χ2n) is 5.38. The van der Waals surface area contributed by atoms with E-state index in [0.29, 0.717) is 24.5 Å². The number of amides is 1. The highest BCUT2D eigenvalue weighted by Crippen LogP contribution is 2.15. The number of benzene rings is 1. The number of carboxylic acids is 1. The predicted molar refractivity (Wildman–Crippen MR) is 83.8 cm³/mol. The van der Waals surface area contributed by atoms with Gasteiger partial charge in [0.1, 0.15) is 12.4 Å². The summed E-state index contributed by atoms with van der Waals surface area (Å²) in [6, 6.07) is 6.59. The third kappa shape index (κ3) is 6.66. The van der Waals surface area contributed by atoms with E-state index in [2.05, 4.69) is 5.32 Å². The van der Waals surface area contributed by atoms with E-state index in [9.17, 15) is 9.59 Å². The lowest BCUT2D eigenvalue weighted by molar-refractivity contribution is -0.139. The molecule has 0 aliphatic carbocycles. The van der Waals surface area contributed by atoms with E-state index in [4.69, 9.17) is 19.3 Å². The number of hydrogen-bond donors (Lipinski definition) is 2. The fourth-order valence-electron chi connectivity index (χ4n) is 2.08. The van der Waals surface area contributed by atoms with Crippen molar-refractivity contribution < 1.29 is 28.9 Å². The second-order valence-corrected chi connectivity index (χ2v) is 5.38. The molecule has 128 valence electrons. The van der Waals surface area contributed by atoms with Gasteiger partial charge in [0, 0.05) is 19.8 Å². The number of hydrogen-bond acceptors (Lipinski definition) is 5. The van der Waals surface area contributed by atoms with Gasteiger partial charge in [0.15, 0.2) is 0 Å². The van der Waals surface area contributed by atoms with Crippen molar-refractivity contribution in [3.05, 3.63) is 29.8 Å². The number of carbonyl (C=O) groups is 2. The minimum absolute atomic E-state index is 0.100. The quantitative estimate of drug-likeness (QED) is 0.630. The Morgan fingerprint density at radius 3 is 2.30 bits per heavy atom. The van der Waals surface area contributed by atoms with E-state index in [1.807, 2.05) is 0 Å². The molecule has 1 aromatic carbocycles. The molecule has 0 saturated heterocycles. The summed E-state index contributed by atoms with van der Waals surface area (Å²) in [5, 5.41) is 11.7. The van der Waals surface area contributed by atoms with Crippen molar-refractivity contribution in [1.29, 1.82) is 0 Å². The van der Waals surface area contributed by atoms with Gasteiger partial charge in [-0.2, -0.15) is 0 Å². The topological polar surface area (TPSA) is 94.1 Å². The zero-order valence-electron chi connectivity index (χ0n) is 13.6. The Bertz CT molecular complexity index is 516. The minimum atomic E-state index is -1.01. The first-order valence-electron chi connectivity index (χ1n) is 7.15. The smallest absolute Gasteiger partial charge is 0.305 e. The van der Waals surface area contributed by atoms with Crippen LogP contribution in [0.1, 0.15) is 23.7 Å². The highest BCUT2D eigenvalue weighted by molar-refractivity contribution is 5.95. The van der Waals surface area contributed by atoms with Gasteiger partial charge in [0.2, 0.25) is 0 Å². The Hall–Kier alpha value is -2.12. The standard InChI is InChI=1S/C16H23NO6/c1-16(11-22-3,10-14(18)19)17-15(20)12-4-6-13(7-5-12)23-9-8-21-2/h4-7H,8-11H2,1-3H3,(H,17,20)(H,18,19). The maximum Gasteiger partial charge on any atom is 0.305 e. The molecule has 1 rings (SSSR count). The number of methoxy groups -OCH3 is 2. The molecule has 1 atom stereocenters. The number of ether oxygens (including phenoxy) is 3. The van der Waals surface area contributed by atoms with Crippen LogP contribution in [0.4, 0.5) is 0 Å². The number of carbonyl (C=O) groups excluding carboxylic acids is 1. The van der Waals surface area contributed by atoms with Crippen LogP contribution < -0.4 is 10.1 Å². The summed E-state index contributed by atoms with van der Waals surface area (Å²) in [7, 11) is 3.04. The average molecular weight is 325 g/mol. The summed E-state index contributed by atoms with van der Waals surface area (Å²) >= 11 is 0. The van der Waals surface area contributed by atoms with E-state index < -0.39 is 11.5 Å². The van der Waals surface area contributed by atoms with Crippen LogP contribution in [-0.4, -0.2) is 56.6 Å². The number of aliphatic carboxylic acids is 1. The summed E-state index contributed by atoms with van der Waals surface area (Å²) in [5.41, 5.74) is -0.567. The molecule has 1 amide bonds. The lowest BCUT2D eigenvalue weighted by atomic mass is 9.98. The van der Waals surface area contributed by atoms with Gasteiger partial charge in [0.25, 0.3) is 5.91 Å². The van der Waals surface area contributed by atoms with Crippen LogP contribution in [0.3, 0.4) is 0 Å². The molecule has 7 heteroatoms. The molecule has 0 aliphatic rings. The van der Waals surface area contributed by atoms with Gasteiger partial charge >= 0.3 is 5.97 Å². The van der Waals surface area contributed by atoms with Crippen molar-refractivity contribution in [1.82, 2.24) is 5.32 Å². The summed E-state index contributed by atoms with van der Waals surface area (Å²) in [4.78, 5) is 23.2. The Morgan fingerprint density at radius 2 is 1.78 bits per heavy atom. The van der Waals surface area contributed by atoms with E-state index in [1.165, 1.54) is 7.11 Å². The maximum absolute atomic E-state index is 12.3. The molecule has 1 unspecified atom stereocenters. The van der Waals surface area contributed by atoms with Crippen LogP contribution in [0.5, 0.6) is 5.75 Å². The van der Waals surface area contributed by atoms with E-state index in [1.54, 1.807) is 38.3 Å². The number of rotatable bonds is 10. The lowest BCUT2D eigenvalue weighted by Crippen LogP contribution is -2.50. The van der Waals surface area contributed by atoms with Gasteiger partial charge in [0.05, 0.1) is 25.2 Å². The zero-order chi connectivity index (χ0) is 17.3. The predicted octanol–water partition coefficient (Wildman–Crippen LogP) is 1.32. The maximum atomic E-state index is 12.3. The van der Waals surface area contributed by atoms with Gasteiger partial charge in [-0.1, -0.05) is 0 Å². The SMILES string of the molecule is COCCOc1ccc(C(=O)NC(C)(COC)CC(=O)O)cc1. The van der Waals surface area contributed by atoms with E-state index in [0.717, 1.165) is 0 Å². The van der Waals surface area contributed by atoms with Gasteiger partial charge in [-0.15, -0.1) is 0 Å². The van der Waals surface area contributed by atoms with Crippen LogP contribution in [0, 0.1) is 0 Å². The molecule has 0 aliphatic heterocycles. The molecule has 0 bridgehead atoms. The minimum Gasteiger partial charge on any atom is -0.491 e. The highest BCUT2D eigenvalue weighted by Gasteiger charge is 2.29. The molecule has 0 heterocycles. The first kappa shape index (κ1) is 18.9. The Kier molecular flexibility index (Phi) is 7.50. The fraction of sp³-hybridized carbons (Fsp3) is 0.500. The van der Waals surface area contributed by atoms with Crippen molar-refractivity contribution in [2.45, 2.75) is 18.9 Å². The summed E-state index contributed by atoms with van der Waals surface area (Å²) < 4.78 is 15.3. The normalized spacial score (nSPS) is 13.2. The monoisotopic (exact) mass is 325 g/mol. The number of carboxylic acid groups (broad SMARTS) is 1. The van der Waals surface area contributed by atoms with Crippen molar-refractivity contribution in [3.8, 4) is 5.75 Å². The molecule has 0 spiro atoms. The highest BCUT2D eigenvalue weighted by atomic mass is 16.5.